The molecule has 0 aromatic heterocycles. The summed E-state index contributed by atoms with van der Waals surface area (Å²) in [7, 11) is 3.05. The van der Waals surface area contributed by atoms with Gasteiger partial charge >= 0.3 is 5.97 Å². The van der Waals surface area contributed by atoms with Crippen LogP contribution < -0.4 is 18.9 Å². The van der Waals surface area contributed by atoms with Gasteiger partial charge in [0.2, 0.25) is 5.76 Å². The monoisotopic (exact) mass is 372 g/mol. The molecule has 27 heavy (non-hydrogen) atoms. The standard InChI is InChI=1S/C21H24O6/c1-4-5-12-26-16-7-9-17(10-8-16)27-20(21(22)23)14-15-6-11-18(24-2)19(13-15)25-3/h6-11,13-14H,4-5,12H2,1-3H3,(H,22,23). The summed E-state index contributed by atoms with van der Waals surface area (Å²) in [5.41, 5.74) is 0.615. The lowest BCUT2D eigenvalue weighted by molar-refractivity contribution is -0.134. The number of hydrogen-bond donors (Lipinski definition) is 1. The van der Waals surface area contributed by atoms with Crippen LogP contribution in [0.5, 0.6) is 23.0 Å². The second kappa shape index (κ2) is 10.1. The Balaban J connectivity index is 2.15. The molecule has 0 aliphatic rings. The summed E-state index contributed by atoms with van der Waals surface area (Å²) in [6.07, 6.45) is 3.47. The molecule has 1 N–H and O–H groups in total. The highest BCUT2D eigenvalue weighted by molar-refractivity contribution is 5.90. The number of carbonyl (C=O) groups is 1. The van der Waals surface area contributed by atoms with Crippen LogP contribution in [0.3, 0.4) is 0 Å². The van der Waals surface area contributed by atoms with Crippen molar-refractivity contribution in [1.29, 1.82) is 0 Å². The Morgan fingerprint density at radius 3 is 2.26 bits per heavy atom. The molecule has 0 aliphatic heterocycles. The van der Waals surface area contributed by atoms with Crippen molar-refractivity contribution in [3.63, 3.8) is 0 Å². The molecule has 0 saturated heterocycles. The van der Waals surface area contributed by atoms with E-state index >= 15 is 0 Å². The summed E-state index contributed by atoms with van der Waals surface area (Å²) < 4.78 is 21.5. The number of carboxylic acid groups (broad SMARTS) is 1. The Labute approximate surface area is 158 Å². The van der Waals surface area contributed by atoms with Crippen molar-refractivity contribution >= 4 is 12.0 Å². The Hall–Kier alpha value is -3.15. The van der Waals surface area contributed by atoms with Crippen molar-refractivity contribution in [2.24, 2.45) is 0 Å². The van der Waals surface area contributed by atoms with Gasteiger partial charge in [-0.1, -0.05) is 19.4 Å². The maximum absolute atomic E-state index is 11.6. The molecule has 2 rings (SSSR count). The summed E-state index contributed by atoms with van der Waals surface area (Å²) in [6, 6.07) is 11.9. The van der Waals surface area contributed by atoms with Crippen molar-refractivity contribution in [2.45, 2.75) is 19.8 Å². The molecule has 0 aliphatic carbocycles. The van der Waals surface area contributed by atoms with E-state index in [4.69, 9.17) is 18.9 Å². The first-order chi connectivity index (χ1) is 13.1. The largest absolute Gasteiger partial charge is 0.494 e. The molecule has 2 aromatic rings. The van der Waals surface area contributed by atoms with Crippen molar-refractivity contribution in [2.75, 3.05) is 20.8 Å². The van der Waals surface area contributed by atoms with E-state index in [1.165, 1.54) is 20.3 Å². The molecular formula is C21H24O6. The number of carboxylic acids is 1. The van der Waals surface area contributed by atoms with Crippen LogP contribution in [-0.4, -0.2) is 31.9 Å². The van der Waals surface area contributed by atoms with E-state index in [-0.39, 0.29) is 5.76 Å². The molecule has 0 bridgehead atoms. The van der Waals surface area contributed by atoms with Gasteiger partial charge in [-0.05, 0) is 54.5 Å². The third-order valence-electron chi connectivity index (χ3n) is 3.73. The summed E-state index contributed by atoms with van der Waals surface area (Å²) >= 11 is 0. The van der Waals surface area contributed by atoms with Crippen LogP contribution in [0.25, 0.3) is 6.08 Å². The van der Waals surface area contributed by atoms with E-state index in [9.17, 15) is 9.90 Å². The predicted molar refractivity (Wildman–Crippen MR) is 103 cm³/mol. The third-order valence-corrected chi connectivity index (χ3v) is 3.73. The molecule has 0 heterocycles. The highest BCUT2D eigenvalue weighted by Crippen LogP contribution is 2.29. The van der Waals surface area contributed by atoms with Gasteiger partial charge in [0.05, 0.1) is 20.8 Å². The number of unbranched alkanes of at least 4 members (excludes halogenated alkanes) is 1. The Morgan fingerprint density at radius 2 is 1.67 bits per heavy atom. The van der Waals surface area contributed by atoms with E-state index < -0.39 is 5.97 Å². The first-order valence-electron chi connectivity index (χ1n) is 8.65. The minimum absolute atomic E-state index is 0.207. The van der Waals surface area contributed by atoms with Crippen LogP contribution in [0, 0.1) is 0 Å². The van der Waals surface area contributed by atoms with Gasteiger partial charge in [-0.15, -0.1) is 0 Å². The topological polar surface area (TPSA) is 74.2 Å². The van der Waals surface area contributed by atoms with E-state index in [0.717, 1.165) is 18.6 Å². The van der Waals surface area contributed by atoms with Crippen LogP contribution in [0.2, 0.25) is 0 Å². The lowest BCUT2D eigenvalue weighted by Gasteiger charge is -2.10. The van der Waals surface area contributed by atoms with Crippen molar-refractivity contribution < 1.29 is 28.8 Å². The summed E-state index contributed by atoms with van der Waals surface area (Å²) in [4.78, 5) is 11.6. The van der Waals surface area contributed by atoms with Gasteiger partial charge in [-0.25, -0.2) is 4.79 Å². The SMILES string of the molecule is CCCCOc1ccc(OC(=Cc2ccc(OC)c(OC)c2)C(=O)O)cc1. The molecule has 0 unspecified atom stereocenters. The van der Waals surface area contributed by atoms with Gasteiger partial charge in [-0.2, -0.15) is 0 Å². The van der Waals surface area contributed by atoms with E-state index in [1.54, 1.807) is 42.5 Å². The Kier molecular flexibility index (Phi) is 7.55. The molecule has 0 saturated carbocycles. The van der Waals surface area contributed by atoms with Crippen molar-refractivity contribution in [3.05, 3.63) is 53.8 Å². The number of hydrogen-bond acceptors (Lipinski definition) is 5. The average Bonchev–Trinajstić information content (AvgIpc) is 2.68. The maximum atomic E-state index is 11.6. The van der Waals surface area contributed by atoms with Gasteiger partial charge < -0.3 is 24.1 Å². The molecule has 0 atom stereocenters. The van der Waals surface area contributed by atoms with Crippen LogP contribution in [0.1, 0.15) is 25.3 Å². The molecular weight excluding hydrogens is 348 g/mol. The second-order valence-corrected chi connectivity index (χ2v) is 5.70. The van der Waals surface area contributed by atoms with Gasteiger partial charge in [-0.3, -0.25) is 0 Å². The van der Waals surface area contributed by atoms with E-state index in [2.05, 4.69) is 6.92 Å². The molecule has 0 fully saturated rings. The predicted octanol–water partition coefficient (Wildman–Crippen LogP) is 4.39. The minimum atomic E-state index is -1.17. The lowest BCUT2D eigenvalue weighted by atomic mass is 10.1. The summed E-state index contributed by atoms with van der Waals surface area (Å²) in [5, 5.41) is 9.45. The summed E-state index contributed by atoms with van der Waals surface area (Å²) in [6.45, 7) is 2.74. The fourth-order valence-corrected chi connectivity index (χ4v) is 2.29. The summed E-state index contributed by atoms with van der Waals surface area (Å²) in [5.74, 6) is 0.814. The van der Waals surface area contributed by atoms with Crippen LogP contribution in [0.15, 0.2) is 48.2 Å². The number of aliphatic carboxylic acids is 1. The van der Waals surface area contributed by atoms with E-state index in [1.807, 2.05) is 0 Å². The first-order valence-corrected chi connectivity index (χ1v) is 8.65. The molecule has 6 nitrogen and oxygen atoms in total. The number of rotatable bonds is 10. The smallest absolute Gasteiger partial charge is 0.371 e. The van der Waals surface area contributed by atoms with Crippen LogP contribution in [0.4, 0.5) is 0 Å². The van der Waals surface area contributed by atoms with Gasteiger partial charge in [0.25, 0.3) is 0 Å². The van der Waals surface area contributed by atoms with E-state index in [0.29, 0.717) is 29.4 Å². The maximum Gasteiger partial charge on any atom is 0.371 e. The van der Waals surface area contributed by atoms with Gasteiger partial charge in [0, 0.05) is 0 Å². The lowest BCUT2D eigenvalue weighted by Crippen LogP contribution is -2.07. The molecule has 144 valence electrons. The normalized spacial score (nSPS) is 11.0. The fraction of sp³-hybridized carbons (Fsp3) is 0.286. The molecule has 0 radical (unpaired) electrons. The average molecular weight is 372 g/mol. The molecule has 0 spiro atoms. The quantitative estimate of drug-likeness (QED) is 0.379. The minimum Gasteiger partial charge on any atom is -0.494 e. The third kappa shape index (κ3) is 5.95. The highest BCUT2D eigenvalue weighted by atomic mass is 16.5. The Bertz CT molecular complexity index is 780. The van der Waals surface area contributed by atoms with Crippen LogP contribution in [-0.2, 0) is 4.79 Å². The second-order valence-electron chi connectivity index (χ2n) is 5.70. The van der Waals surface area contributed by atoms with Crippen molar-refractivity contribution in [1.82, 2.24) is 0 Å². The number of benzene rings is 2. The molecule has 2 aromatic carbocycles. The zero-order chi connectivity index (χ0) is 19.6. The molecule has 0 amide bonds. The Morgan fingerprint density at radius 1 is 1.00 bits per heavy atom. The zero-order valence-corrected chi connectivity index (χ0v) is 15.7. The van der Waals surface area contributed by atoms with Crippen molar-refractivity contribution in [3.8, 4) is 23.0 Å². The number of ether oxygens (including phenoxy) is 4. The molecule has 6 heteroatoms. The first kappa shape index (κ1) is 20.2. The fourth-order valence-electron chi connectivity index (χ4n) is 2.29. The number of methoxy groups -OCH3 is 2. The van der Waals surface area contributed by atoms with Crippen LogP contribution >= 0.6 is 0 Å². The van der Waals surface area contributed by atoms with Gasteiger partial charge in [0.15, 0.2) is 11.5 Å². The highest BCUT2D eigenvalue weighted by Gasteiger charge is 2.12. The van der Waals surface area contributed by atoms with Gasteiger partial charge in [0.1, 0.15) is 11.5 Å². The zero-order valence-electron chi connectivity index (χ0n) is 15.7.